The van der Waals surface area contributed by atoms with Crippen LogP contribution in [-0.2, 0) is 55.6 Å². The summed E-state index contributed by atoms with van der Waals surface area (Å²) >= 11 is 0. The number of hydrogen-bond donors (Lipinski definition) is 14. The normalized spacial score (nSPS) is 29.6. The number of amides is 7. The largest absolute Gasteiger partial charge is 0.508 e. The lowest BCUT2D eigenvalue weighted by atomic mass is 9.93. The fourth-order valence-electron chi connectivity index (χ4n) is 8.00. The number of fused-ring (bicyclic) bond motifs is 5. The van der Waals surface area contributed by atoms with Crippen LogP contribution in [0.1, 0.15) is 52.0 Å². The summed E-state index contributed by atoms with van der Waals surface area (Å²) in [4.78, 5) is 113. The Morgan fingerprint density at radius 1 is 0.862 bits per heavy atom. The molecule has 358 valence electrons. The highest BCUT2D eigenvalue weighted by atomic mass is 32.2. The number of phenols is 1. The van der Waals surface area contributed by atoms with E-state index in [1.54, 1.807) is 13.8 Å². The van der Waals surface area contributed by atoms with Gasteiger partial charge in [-0.2, -0.15) is 0 Å². The van der Waals surface area contributed by atoms with Gasteiger partial charge >= 0.3 is 5.97 Å². The maximum atomic E-state index is 14.6. The summed E-state index contributed by atoms with van der Waals surface area (Å²) in [6.07, 6.45) is -6.45. The smallest absolute Gasteiger partial charge is 0.303 e. The highest BCUT2D eigenvalue weighted by Crippen LogP contribution is 2.30. The summed E-state index contributed by atoms with van der Waals surface area (Å²) in [6, 6.07) is -5.47. The molecule has 5 rings (SSSR count). The number of aliphatic carboxylic acids is 1. The van der Waals surface area contributed by atoms with Crippen molar-refractivity contribution in [1.29, 1.82) is 0 Å². The Bertz CT molecular complexity index is 2170. The van der Waals surface area contributed by atoms with Crippen molar-refractivity contribution >= 4 is 69.0 Å². The van der Waals surface area contributed by atoms with Crippen molar-refractivity contribution in [1.82, 2.24) is 47.1 Å². The molecule has 25 heteroatoms. The van der Waals surface area contributed by atoms with E-state index in [2.05, 4.69) is 42.2 Å². The minimum Gasteiger partial charge on any atom is -0.508 e. The molecule has 0 saturated carbocycles. The summed E-state index contributed by atoms with van der Waals surface area (Å²) in [6.45, 7) is 1.92. The topological polar surface area (TPSA) is 378 Å². The zero-order chi connectivity index (χ0) is 47.9. The molecule has 0 radical (unpaired) electrons. The Hall–Kier alpha value is -5.73. The second-order valence-electron chi connectivity index (χ2n) is 16.6. The number of benzene rings is 1. The van der Waals surface area contributed by atoms with E-state index in [0.29, 0.717) is 6.42 Å². The molecule has 4 heterocycles. The molecule has 1 aromatic carbocycles. The number of aromatic nitrogens is 1. The summed E-state index contributed by atoms with van der Waals surface area (Å²) in [5, 5.41) is 80.7. The van der Waals surface area contributed by atoms with Crippen molar-refractivity contribution in [2.24, 2.45) is 11.8 Å². The van der Waals surface area contributed by atoms with Crippen molar-refractivity contribution in [2.45, 2.75) is 113 Å². The number of aromatic hydroxyl groups is 1. The Balaban J connectivity index is 1.73. The van der Waals surface area contributed by atoms with E-state index >= 15 is 0 Å². The van der Waals surface area contributed by atoms with Gasteiger partial charge in [-0.3, -0.25) is 47.5 Å². The van der Waals surface area contributed by atoms with Gasteiger partial charge in [-0.05, 0) is 36.5 Å². The zero-order valence-electron chi connectivity index (χ0n) is 35.9. The fraction of sp³-hybridized carbons (Fsp3) is 0.600. The van der Waals surface area contributed by atoms with Gasteiger partial charge in [0.05, 0.1) is 66.1 Å². The lowest BCUT2D eigenvalue weighted by Crippen LogP contribution is -2.62. The van der Waals surface area contributed by atoms with Crippen molar-refractivity contribution in [3.8, 4) is 5.75 Å². The third kappa shape index (κ3) is 12.3. The molecule has 1 fully saturated rings. The van der Waals surface area contributed by atoms with Gasteiger partial charge in [0, 0.05) is 36.8 Å². The van der Waals surface area contributed by atoms with E-state index < -0.39 is 176 Å². The Labute approximate surface area is 374 Å². The average molecular weight is 936 g/mol. The number of phenolic OH excluding ortho intramolecular Hbond substituents is 1. The SMILES string of the molecule is CC[C@H](C)[C@@H]1NC(=O)CNC(=O)[C@@H]2Cc3c([nH]c4cc(O)ccc34)S(=O)C[C@H](NC(=O)CNC1=O)C(=O)N[C@@H](CCC(=O)O)C(O)N1C[C@H](O)C[C@H]1C(=O)N[C@@H]([C@@H](C)[C@@H](O)CO)C(=O)N2. The van der Waals surface area contributed by atoms with E-state index in [1.165, 1.54) is 25.1 Å². The average Bonchev–Trinajstić information content (AvgIpc) is 3.84. The lowest BCUT2D eigenvalue weighted by molar-refractivity contribution is -0.141. The second kappa shape index (κ2) is 22.0. The Morgan fingerprint density at radius 2 is 1.54 bits per heavy atom. The molecule has 3 aliphatic heterocycles. The molecule has 0 aliphatic carbocycles. The predicted octanol–water partition coefficient (Wildman–Crippen LogP) is -5.14. The number of aromatic amines is 1. The van der Waals surface area contributed by atoms with Crippen molar-refractivity contribution in [3.63, 3.8) is 0 Å². The highest BCUT2D eigenvalue weighted by molar-refractivity contribution is 7.85. The maximum absolute atomic E-state index is 14.6. The number of carboxylic acids is 1. The monoisotopic (exact) mass is 935 g/mol. The minimum absolute atomic E-state index is 0.0921. The minimum atomic E-state index is -2.36. The molecule has 1 saturated heterocycles. The lowest BCUT2D eigenvalue weighted by Gasteiger charge is -2.36. The van der Waals surface area contributed by atoms with Crippen LogP contribution in [0, 0.1) is 11.8 Å². The van der Waals surface area contributed by atoms with Crippen molar-refractivity contribution in [3.05, 3.63) is 23.8 Å². The standard InChI is InChI=1S/C40H57N9O15S/c1-4-17(2)32-37(61)42-12-29(54)43-26-16-65(64)39-22(21-6-5-19(51)9-24(21)46-39)11-25(34(58)41-13-30(55)47-32)45-38(62)33(18(3)28(53)15-50)48-36(60)27-10-20(52)14-49(27)40(63)23(44-35(26)59)7-8-31(56)57/h5-6,9,17-18,20,23,25-28,32-33,40,46,50-53,63H,4,7-8,10-16H2,1-3H3,(H,41,58)(H,42,61)(H,43,54)(H,44,59)(H,45,62)(H,47,55)(H,48,60)(H,56,57)/t17-,18-,20+,23-,25-,26-,27-,28-,32-,33-,40?,65?/m0/s1. The van der Waals surface area contributed by atoms with E-state index in [4.69, 9.17) is 0 Å². The summed E-state index contributed by atoms with van der Waals surface area (Å²) in [7, 11) is -2.36. The fourth-order valence-corrected chi connectivity index (χ4v) is 9.40. The van der Waals surface area contributed by atoms with Crippen molar-refractivity contribution < 1.29 is 73.2 Å². The molecular formula is C40H57N9O15S. The number of carbonyl (C=O) groups excluding carboxylic acids is 7. The van der Waals surface area contributed by atoms with Gasteiger partial charge < -0.3 is 72.8 Å². The van der Waals surface area contributed by atoms with E-state index in [-0.39, 0.29) is 33.7 Å². The van der Waals surface area contributed by atoms with Crippen LogP contribution in [0.3, 0.4) is 0 Å². The first kappa shape index (κ1) is 50.3. The molecule has 12 atom stereocenters. The third-order valence-electron chi connectivity index (χ3n) is 12.0. The van der Waals surface area contributed by atoms with Gasteiger partial charge in [0.2, 0.25) is 41.4 Å². The predicted molar refractivity (Wildman–Crippen MR) is 226 cm³/mol. The quantitative estimate of drug-likeness (QED) is 0.118. The molecule has 3 aliphatic rings. The number of aliphatic hydroxyl groups excluding tert-OH is 4. The first-order valence-electron chi connectivity index (χ1n) is 21.1. The number of carbonyl (C=O) groups is 8. The van der Waals surface area contributed by atoms with Crippen LogP contribution in [0.15, 0.2) is 23.2 Å². The van der Waals surface area contributed by atoms with Gasteiger partial charge in [0.15, 0.2) is 0 Å². The van der Waals surface area contributed by atoms with Gasteiger partial charge in [-0.1, -0.05) is 27.2 Å². The molecule has 14 N–H and O–H groups in total. The summed E-state index contributed by atoms with van der Waals surface area (Å²) in [5.41, 5.74) is 0.271. The molecule has 1 aromatic heterocycles. The van der Waals surface area contributed by atoms with Crippen LogP contribution in [-0.4, -0.2) is 179 Å². The molecular weight excluding hydrogens is 879 g/mol. The number of nitrogens with zero attached hydrogens (tertiary/aromatic N) is 1. The van der Waals surface area contributed by atoms with E-state index in [9.17, 15) is 73.2 Å². The molecule has 65 heavy (non-hydrogen) atoms. The number of hydrogen-bond acceptors (Lipinski definition) is 15. The Kier molecular flexibility index (Phi) is 17.0. The molecule has 2 bridgehead atoms. The van der Waals surface area contributed by atoms with Gasteiger partial charge in [0.25, 0.3) is 0 Å². The van der Waals surface area contributed by atoms with Crippen molar-refractivity contribution in [2.75, 3.05) is 32.0 Å². The van der Waals surface area contributed by atoms with Crippen LogP contribution in [0.25, 0.3) is 10.9 Å². The Morgan fingerprint density at radius 3 is 2.20 bits per heavy atom. The molecule has 0 spiro atoms. The van der Waals surface area contributed by atoms with Gasteiger partial charge in [0.1, 0.15) is 41.2 Å². The summed E-state index contributed by atoms with van der Waals surface area (Å²) < 4.78 is 14.6. The first-order valence-corrected chi connectivity index (χ1v) is 22.4. The highest BCUT2D eigenvalue weighted by Gasteiger charge is 2.45. The summed E-state index contributed by atoms with van der Waals surface area (Å²) in [5.74, 6) is -10.9. The first-order chi connectivity index (χ1) is 30.7. The molecule has 2 aromatic rings. The van der Waals surface area contributed by atoms with E-state index in [0.717, 1.165) is 4.90 Å². The second-order valence-corrected chi connectivity index (χ2v) is 18.0. The number of aliphatic hydroxyl groups is 4. The molecule has 7 amide bonds. The van der Waals surface area contributed by atoms with Crippen LogP contribution in [0.5, 0.6) is 5.75 Å². The number of H-pyrrole nitrogens is 1. The maximum Gasteiger partial charge on any atom is 0.303 e. The van der Waals surface area contributed by atoms with Crippen LogP contribution in [0.4, 0.5) is 0 Å². The van der Waals surface area contributed by atoms with E-state index in [1.807, 2.05) is 0 Å². The van der Waals surface area contributed by atoms with Gasteiger partial charge in [-0.15, -0.1) is 0 Å². The van der Waals surface area contributed by atoms with Crippen LogP contribution in [0.2, 0.25) is 0 Å². The zero-order valence-corrected chi connectivity index (χ0v) is 36.7. The van der Waals surface area contributed by atoms with Gasteiger partial charge in [-0.25, -0.2) is 0 Å². The number of nitrogens with one attached hydrogen (secondary N) is 8. The number of carboxylic acid groups (broad SMARTS) is 1. The third-order valence-corrected chi connectivity index (χ3v) is 13.4. The number of rotatable bonds is 8. The van der Waals surface area contributed by atoms with Crippen LogP contribution >= 0.6 is 0 Å². The molecule has 2 unspecified atom stereocenters. The molecule has 24 nitrogen and oxygen atoms in total. The van der Waals surface area contributed by atoms with Crippen LogP contribution < -0.4 is 37.2 Å².